The van der Waals surface area contributed by atoms with Crippen molar-refractivity contribution in [1.82, 2.24) is 4.72 Å². The monoisotopic (exact) mass is 546 g/mol. The minimum Gasteiger partial charge on any atom is -0.406 e. The number of hydrogen-bond acceptors (Lipinski definition) is 5. The van der Waals surface area contributed by atoms with Gasteiger partial charge >= 0.3 is 6.36 Å². The van der Waals surface area contributed by atoms with Gasteiger partial charge in [0, 0.05) is 12.2 Å². The van der Waals surface area contributed by atoms with Crippen LogP contribution in [-0.4, -0.2) is 33.1 Å². The Morgan fingerprint density at radius 1 is 0.947 bits per heavy atom. The number of nitrogens with zero attached hydrogens (tertiary/aromatic N) is 1. The van der Waals surface area contributed by atoms with Crippen LogP contribution in [0.3, 0.4) is 0 Å². The quantitative estimate of drug-likeness (QED) is 0.365. The molecule has 200 valence electrons. The zero-order chi connectivity index (χ0) is 27.8. The molecule has 3 rings (SSSR count). The lowest BCUT2D eigenvalue weighted by molar-refractivity contribution is -0.274. The van der Waals surface area contributed by atoms with Gasteiger partial charge in [-0.1, -0.05) is 60.7 Å². The van der Waals surface area contributed by atoms with Crippen LogP contribution in [-0.2, 0) is 26.0 Å². The molecule has 0 aliphatic rings. The molecule has 3 aromatic carbocycles. The van der Waals surface area contributed by atoms with Crippen molar-refractivity contribution >= 4 is 33.6 Å². The predicted octanol–water partition coefficient (Wildman–Crippen LogP) is 4.91. The van der Waals surface area contributed by atoms with Crippen molar-refractivity contribution in [3.05, 3.63) is 101 Å². The lowest BCUT2D eigenvalue weighted by Crippen LogP contribution is -2.46. The van der Waals surface area contributed by atoms with Crippen molar-refractivity contribution in [3.63, 3.8) is 0 Å². The molecule has 0 aliphatic heterocycles. The van der Waals surface area contributed by atoms with Gasteiger partial charge in [0.2, 0.25) is 11.8 Å². The maximum absolute atomic E-state index is 13.5. The third-order valence-electron chi connectivity index (χ3n) is 5.34. The van der Waals surface area contributed by atoms with Crippen LogP contribution in [0.2, 0.25) is 0 Å². The molecule has 0 aliphatic carbocycles. The highest BCUT2D eigenvalue weighted by Crippen LogP contribution is 2.25. The maximum Gasteiger partial charge on any atom is 0.573 e. The molecule has 7 nitrogen and oxygen atoms in total. The number of carbonyl (C=O) groups is 2. The van der Waals surface area contributed by atoms with Crippen molar-refractivity contribution in [2.24, 2.45) is 5.92 Å². The molecule has 0 radical (unpaired) electrons. The molecular formula is C27H25F3N2O5S. The molecule has 38 heavy (non-hydrogen) atoms. The molecule has 3 aromatic rings. The number of hydrogen-bond donors (Lipinski definition) is 1. The van der Waals surface area contributed by atoms with E-state index in [0.717, 1.165) is 17.5 Å². The topological polar surface area (TPSA) is 92.8 Å². The Morgan fingerprint density at radius 2 is 1.53 bits per heavy atom. The normalized spacial score (nSPS) is 12.6. The van der Waals surface area contributed by atoms with Crippen LogP contribution in [0.15, 0.2) is 90.3 Å². The fourth-order valence-corrected chi connectivity index (χ4v) is 4.42. The number of benzene rings is 3. The smallest absolute Gasteiger partial charge is 0.406 e. The van der Waals surface area contributed by atoms with E-state index in [1.165, 1.54) is 23.1 Å². The second-order valence-corrected chi connectivity index (χ2v) is 9.66. The number of ether oxygens (including phenoxy) is 1. The summed E-state index contributed by atoms with van der Waals surface area (Å²) in [5.74, 6) is -3.71. The van der Waals surface area contributed by atoms with E-state index in [-0.39, 0.29) is 13.0 Å². The van der Waals surface area contributed by atoms with Gasteiger partial charge in [0.15, 0.2) is 0 Å². The third kappa shape index (κ3) is 8.48. The lowest BCUT2D eigenvalue weighted by atomic mass is 9.96. The number of alkyl halides is 3. The summed E-state index contributed by atoms with van der Waals surface area (Å²) in [6.45, 7) is 1.88. The first-order valence-electron chi connectivity index (χ1n) is 11.5. The van der Waals surface area contributed by atoms with Crippen LogP contribution in [0.5, 0.6) is 5.75 Å². The van der Waals surface area contributed by atoms with Gasteiger partial charge < -0.3 is 9.64 Å². The molecule has 1 unspecified atom stereocenters. The summed E-state index contributed by atoms with van der Waals surface area (Å²) in [6.07, 6.45) is -3.84. The number of carbonyl (C=O) groups excluding carboxylic acids is 2. The molecular weight excluding hydrogens is 521 g/mol. The highest BCUT2D eigenvalue weighted by Gasteiger charge is 2.34. The molecule has 1 atom stereocenters. The van der Waals surface area contributed by atoms with E-state index in [9.17, 15) is 31.2 Å². The molecule has 0 saturated heterocycles. The van der Waals surface area contributed by atoms with Gasteiger partial charge in [0.05, 0.1) is 5.41 Å². The van der Waals surface area contributed by atoms with E-state index < -0.39 is 39.9 Å². The van der Waals surface area contributed by atoms with Crippen LogP contribution in [0.25, 0.3) is 6.08 Å². The van der Waals surface area contributed by atoms with Crippen LogP contribution < -0.4 is 14.4 Å². The van der Waals surface area contributed by atoms with E-state index >= 15 is 0 Å². The predicted molar refractivity (Wildman–Crippen MR) is 137 cm³/mol. The van der Waals surface area contributed by atoms with E-state index in [1.807, 2.05) is 4.72 Å². The fraction of sp³-hybridized carbons (Fsp3) is 0.185. The van der Waals surface area contributed by atoms with E-state index in [1.54, 1.807) is 67.6 Å². The number of amides is 2. The van der Waals surface area contributed by atoms with Gasteiger partial charge in [-0.15, -0.1) is 13.2 Å². The second-order valence-electron chi connectivity index (χ2n) is 8.09. The van der Waals surface area contributed by atoms with Gasteiger partial charge in [-0.25, -0.2) is 13.1 Å². The Labute approximate surface area is 218 Å². The average Bonchev–Trinajstić information content (AvgIpc) is 2.87. The summed E-state index contributed by atoms with van der Waals surface area (Å²) in [5, 5.41) is 0.819. The Balaban J connectivity index is 1.87. The number of halogens is 3. The molecule has 0 saturated carbocycles. The summed E-state index contributed by atoms with van der Waals surface area (Å²) < 4.78 is 68.5. The first-order chi connectivity index (χ1) is 18.0. The fourth-order valence-electron chi connectivity index (χ4n) is 3.59. The van der Waals surface area contributed by atoms with Crippen molar-refractivity contribution in [3.8, 4) is 5.75 Å². The van der Waals surface area contributed by atoms with Gasteiger partial charge in [-0.05, 0) is 54.8 Å². The molecule has 0 heterocycles. The largest absolute Gasteiger partial charge is 0.573 e. The van der Waals surface area contributed by atoms with Crippen molar-refractivity contribution in [2.45, 2.75) is 19.7 Å². The number of nitrogens with one attached hydrogen (secondary N) is 1. The molecule has 0 bridgehead atoms. The molecule has 0 aromatic heterocycles. The van der Waals surface area contributed by atoms with Gasteiger partial charge in [-0.3, -0.25) is 9.59 Å². The van der Waals surface area contributed by atoms with Gasteiger partial charge in [0.1, 0.15) is 11.7 Å². The Morgan fingerprint density at radius 3 is 2.08 bits per heavy atom. The number of anilines is 1. The standard InChI is InChI=1S/C27H25F3N2O5S/c1-2-32(22-11-7-4-8-12-22)26(34)24(19-21-13-15-23(16-14-21)37-27(28,29)30)25(33)31-38(35,36)18-17-20-9-5-3-6-10-20/h3-18,24H,2,19H2,1H3,(H,31,33). The second kappa shape index (κ2) is 12.4. The van der Waals surface area contributed by atoms with Crippen LogP contribution >= 0.6 is 0 Å². The summed E-state index contributed by atoms with van der Waals surface area (Å²) in [6, 6.07) is 21.7. The molecule has 0 fully saturated rings. The maximum atomic E-state index is 13.5. The first-order valence-corrected chi connectivity index (χ1v) is 13.0. The number of rotatable bonds is 10. The minimum atomic E-state index is -4.88. The first kappa shape index (κ1) is 28.5. The Kier molecular flexibility index (Phi) is 9.30. The number of sulfonamides is 1. The van der Waals surface area contributed by atoms with Crippen molar-refractivity contribution in [1.29, 1.82) is 0 Å². The average molecular weight is 547 g/mol. The molecule has 1 N–H and O–H groups in total. The van der Waals surface area contributed by atoms with E-state index in [4.69, 9.17) is 0 Å². The highest BCUT2D eigenvalue weighted by atomic mass is 32.2. The Hall–Kier alpha value is -4.12. The minimum absolute atomic E-state index is 0.186. The zero-order valence-electron chi connectivity index (χ0n) is 20.3. The third-order valence-corrected chi connectivity index (χ3v) is 6.32. The summed E-state index contributed by atoms with van der Waals surface area (Å²) >= 11 is 0. The Bertz CT molecular complexity index is 1360. The van der Waals surface area contributed by atoms with Gasteiger partial charge in [-0.2, -0.15) is 0 Å². The highest BCUT2D eigenvalue weighted by molar-refractivity contribution is 7.93. The molecule has 0 spiro atoms. The zero-order valence-corrected chi connectivity index (χ0v) is 21.1. The SMILES string of the molecule is CCN(C(=O)C(Cc1ccc(OC(F)(F)F)cc1)C(=O)NS(=O)(=O)C=Cc1ccccc1)c1ccccc1. The van der Waals surface area contributed by atoms with E-state index in [0.29, 0.717) is 16.8 Å². The summed E-state index contributed by atoms with van der Waals surface area (Å²) in [4.78, 5) is 28.0. The van der Waals surface area contributed by atoms with Crippen molar-refractivity contribution < 1.29 is 35.9 Å². The van der Waals surface area contributed by atoms with Crippen LogP contribution in [0.1, 0.15) is 18.1 Å². The van der Waals surface area contributed by atoms with Crippen molar-refractivity contribution in [2.75, 3.05) is 11.4 Å². The summed E-state index contributed by atoms with van der Waals surface area (Å²) in [7, 11) is -4.27. The van der Waals surface area contributed by atoms with Crippen LogP contribution in [0, 0.1) is 5.92 Å². The van der Waals surface area contributed by atoms with E-state index in [2.05, 4.69) is 4.74 Å². The lowest BCUT2D eigenvalue weighted by Gasteiger charge is -2.26. The molecule has 2 amide bonds. The number of para-hydroxylation sites is 1. The van der Waals surface area contributed by atoms with Gasteiger partial charge in [0.25, 0.3) is 10.0 Å². The molecule has 11 heteroatoms. The summed E-state index contributed by atoms with van der Waals surface area (Å²) in [5.41, 5.74) is 1.41. The van der Waals surface area contributed by atoms with Crippen LogP contribution in [0.4, 0.5) is 18.9 Å².